The normalized spacial score (nSPS) is 11.6. The monoisotopic (exact) mass is 189 g/mol. The van der Waals surface area contributed by atoms with Gasteiger partial charge in [0.1, 0.15) is 4.34 Å². The zero-order valence-electron chi connectivity index (χ0n) is 5.97. The molecule has 11 heavy (non-hydrogen) atoms. The fraction of sp³-hybridized carbons (Fsp3) is 0.167. The Morgan fingerprint density at radius 3 is 3.00 bits per heavy atom. The van der Waals surface area contributed by atoms with Gasteiger partial charge in [-0.05, 0) is 11.4 Å². The van der Waals surface area contributed by atoms with E-state index in [1.54, 1.807) is 7.05 Å². The SMILES string of the molecule is CN=C(N)Nc1ccsc1Cl. The van der Waals surface area contributed by atoms with Crippen LogP contribution in [0.15, 0.2) is 16.4 Å². The second-order valence-corrected chi connectivity index (χ2v) is 3.36. The molecule has 5 heteroatoms. The molecule has 0 saturated carbocycles. The Labute approximate surface area is 73.9 Å². The molecule has 3 N–H and O–H groups in total. The molecule has 0 spiro atoms. The average Bonchev–Trinajstić information content (AvgIpc) is 2.37. The van der Waals surface area contributed by atoms with Crippen molar-refractivity contribution in [2.45, 2.75) is 0 Å². The number of nitrogens with zero attached hydrogens (tertiary/aromatic N) is 1. The third kappa shape index (κ3) is 2.10. The van der Waals surface area contributed by atoms with Gasteiger partial charge in [-0.3, -0.25) is 4.99 Å². The van der Waals surface area contributed by atoms with Crippen LogP contribution in [0, 0.1) is 0 Å². The first kappa shape index (κ1) is 8.36. The number of aliphatic imine (C=N–C) groups is 1. The molecule has 60 valence electrons. The third-order valence-corrected chi connectivity index (χ3v) is 2.29. The average molecular weight is 190 g/mol. The van der Waals surface area contributed by atoms with Crippen LogP contribution in [0.3, 0.4) is 0 Å². The summed E-state index contributed by atoms with van der Waals surface area (Å²) in [6.07, 6.45) is 0. The molecule has 1 aromatic heterocycles. The zero-order valence-corrected chi connectivity index (χ0v) is 7.54. The lowest BCUT2D eigenvalue weighted by Crippen LogP contribution is -2.21. The van der Waals surface area contributed by atoms with Crippen LogP contribution in [-0.2, 0) is 0 Å². The van der Waals surface area contributed by atoms with E-state index in [-0.39, 0.29) is 0 Å². The smallest absolute Gasteiger partial charge is 0.192 e. The minimum absolute atomic E-state index is 0.366. The van der Waals surface area contributed by atoms with E-state index in [0.717, 1.165) is 5.69 Å². The first-order valence-electron chi connectivity index (χ1n) is 2.96. The summed E-state index contributed by atoms with van der Waals surface area (Å²) in [7, 11) is 1.61. The Kier molecular flexibility index (Phi) is 2.73. The molecule has 0 aromatic carbocycles. The molecule has 0 amide bonds. The van der Waals surface area contributed by atoms with Crippen LogP contribution >= 0.6 is 22.9 Å². The molecular formula is C6H8ClN3S. The molecule has 3 nitrogen and oxygen atoms in total. The van der Waals surface area contributed by atoms with Crippen LogP contribution in [0.1, 0.15) is 0 Å². The van der Waals surface area contributed by atoms with Crippen LogP contribution < -0.4 is 11.1 Å². The van der Waals surface area contributed by atoms with Gasteiger partial charge in [0.25, 0.3) is 0 Å². The summed E-state index contributed by atoms with van der Waals surface area (Å²) in [6, 6.07) is 1.85. The Hall–Kier alpha value is -0.740. The Bertz CT molecular complexity index is 269. The highest BCUT2D eigenvalue weighted by Crippen LogP contribution is 2.27. The van der Waals surface area contributed by atoms with Gasteiger partial charge in [-0.2, -0.15) is 0 Å². The molecule has 0 atom stereocenters. The summed E-state index contributed by atoms with van der Waals surface area (Å²) in [4.78, 5) is 3.73. The largest absolute Gasteiger partial charge is 0.370 e. The van der Waals surface area contributed by atoms with Crippen molar-refractivity contribution < 1.29 is 0 Å². The second-order valence-electron chi connectivity index (χ2n) is 1.84. The van der Waals surface area contributed by atoms with Gasteiger partial charge in [0, 0.05) is 7.05 Å². The van der Waals surface area contributed by atoms with Gasteiger partial charge < -0.3 is 11.1 Å². The van der Waals surface area contributed by atoms with Gasteiger partial charge in [0.15, 0.2) is 5.96 Å². The van der Waals surface area contributed by atoms with E-state index in [9.17, 15) is 0 Å². The minimum Gasteiger partial charge on any atom is -0.370 e. The van der Waals surface area contributed by atoms with Crippen molar-refractivity contribution in [1.29, 1.82) is 0 Å². The van der Waals surface area contributed by atoms with Crippen molar-refractivity contribution in [2.75, 3.05) is 12.4 Å². The molecule has 0 aliphatic carbocycles. The van der Waals surface area contributed by atoms with E-state index in [2.05, 4.69) is 10.3 Å². The Morgan fingerprint density at radius 2 is 2.55 bits per heavy atom. The fourth-order valence-corrected chi connectivity index (χ4v) is 1.41. The summed E-state index contributed by atoms with van der Waals surface area (Å²) in [5.41, 5.74) is 6.22. The first-order chi connectivity index (χ1) is 5.24. The second kappa shape index (κ2) is 3.59. The van der Waals surface area contributed by atoms with Crippen LogP contribution in [0.25, 0.3) is 0 Å². The molecule has 0 fully saturated rings. The molecule has 1 aromatic rings. The van der Waals surface area contributed by atoms with Gasteiger partial charge >= 0.3 is 0 Å². The van der Waals surface area contributed by atoms with Crippen LogP contribution in [0.4, 0.5) is 5.69 Å². The Morgan fingerprint density at radius 1 is 1.82 bits per heavy atom. The van der Waals surface area contributed by atoms with Gasteiger partial charge in [-0.25, -0.2) is 0 Å². The third-order valence-electron chi connectivity index (χ3n) is 1.12. The van der Waals surface area contributed by atoms with Crippen LogP contribution in [-0.4, -0.2) is 13.0 Å². The molecule has 0 bridgehead atoms. The Balaban J connectivity index is 2.72. The molecule has 0 aliphatic heterocycles. The van der Waals surface area contributed by atoms with Crippen molar-refractivity contribution in [3.8, 4) is 0 Å². The number of anilines is 1. The summed E-state index contributed by atoms with van der Waals surface area (Å²) in [5, 5.41) is 4.73. The number of hydrogen-bond donors (Lipinski definition) is 2. The maximum Gasteiger partial charge on any atom is 0.192 e. The molecule has 1 rings (SSSR count). The number of guanidine groups is 1. The predicted molar refractivity (Wildman–Crippen MR) is 50.5 cm³/mol. The lowest BCUT2D eigenvalue weighted by Gasteiger charge is -2.00. The number of nitrogens with one attached hydrogen (secondary N) is 1. The van der Waals surface area contributed by atoms with Crippen molar-refractivity contribution in [3.05, 3.63) is 15.8 Å². The predicted octanol–water partition coefficient (Wildman–Crippen LogP) is 1.76. The number of halogens is 1. The van der Waals surface area contributed by atoms with E-state index in [0.29, 0.717) is 10.3 Å². The summed E-state index contributed by atoms with van der Waals surface area (Å²) in [5.74, 6) is 0.366. The van der Waals surface area contributed by atoms with Crippen molar-refractivity contribution in [1.82, 2.24) is 0 Å². The van der Waals surface area contributed by atoms with Crippen LogP contribution in [0.2, 0.25) is 4.34 Å². The maximum atomic E-state index is 5.79. The van der Waals surface area contributed by atoms with Crippen LogP contribution in [0.5, 0.6) is 0 Å². The summed E-state index contributed by atoms with van der Waals surface area (Å²) >= 11 is 7.24. The van der Waals surface area contributed by atoms with Crippen molar-refractivity contribution >= 4 is 34.6 Å². The zero-order chi connectivity index (χ0) is 8.27. The molecular weight excluding hydrogens is 182 g/mol. The van der Waals surface area contributed by atoms with E-state index >= 15 is 0 Å². The molecule has 1 heterocycles. The summed E-state index contributed by atoms with van der Waals surface area (Å²) < 4.78 is 0.691. The van der Waals surface area contributed by atoms with E-state index in [4.69, 9.17) is 17.3 Å². The highest BCUT2D eigenvalue weighted by molar-refractivity contribution is 7.15. The van der Waals surface area contributed by atoms with Crippen molar-refractivity contribution in [2.24, 2.45) is 10.7 Å². The number of hydrogen-bond acceptors (Lipinski definition) is 2. The molecule has 0 aliphatic rings. The van der Waals surface area contributed by atoms with Gasteiger partial charge in [-0.1, -0.05) is 11.6 Å². The fourth-order valence-electron chi connectivity index (χ4n) is 0.575. The van der Waals surface area contributed by atoms with E-state index in [1.807, 2.05) is 11.4 Å². The van der Waals surface area contributed by atoms with Gasteiger partial charge in [0.05, 0.1) is 5.69 Å². The highest BCUT2D eigenvalue weighted by Gasteiger charge is 2.00. The van der Waals surface area contributed by atoms with Crippen molar-refractivity contribution in [3.63, 3.8) is 0 Å². The lowest BCUT2D eigenvalue weighted by molar-refractivity contribution is 1.38. The summed E-state index contributed by atoms with van der Waals surface area (Å²) in [6.45, 7) is 0. The highest BCUT2D eigenvalue weighted by atomic mass is 35.5. The quantitative estimate of drug-likeness (QED) is 0.523. The lowest BCUT2D eigenvalue weighted by atomic mass is 10.5. The van der Waals surface area contributed by atoms with E-state index in [1.165, 1.54) is 11.3 Å². The van der Waals surface area contributed by atoms with E-state index < -0.39 is 0 Å². The minimum atomic E-state index is 0.366. The van der Waals surface area contributed by atoms with Gasteiger partial charge in [0.2, 0.25) is 0 Å². The number of rotatable bonds is 1. The number of thiophene rings is 1. The number of nitrogens with two attached hydrogens (primary N) is 1. The topological polar surface area (TPSA) is 50.4 Å². The molecule has 0 unspecified atom stereocenters. The standard InChI is InChI=1S/C6H8ClN3S/c1-9-6(8)10-4-2-3-11-5(4)7/h2-3H,1H3,(H3,8,9,10). The first-order valence-corrected chi connectivity index (χ1v) is 4.22. The molecule has 0 radical (unpaired) electrons. The van der Waals surface area contributed by atoms with Gasteiger partial charge in [-0.15, -0.1) is 11.3 Å². The molecule has 0 saturated heterocycles. The maximum absolute atomic E-state index is 5.79.